The summed E-state index contributed by atoms with van der Waals surface area (Å²) in [7, 11) is 0. The summed E-state index contributed by atoms with van der Waals surface area (Å²) in [5.74, 6) is 0.374. The summed E-state index contributed by atoms with van der Waals surface area (Å²) in [6.45, 7) is 1.50. The normalized spacial score (nSPS) is 11.0. The molecule has 0 aliphatic heterocycles. The molecule has 0 saturated carbocycles. The highest BCUT2D eigenvalue weighted by molar-refractivity contribution is 6.30. The molecule has 6 heteroatoms. The number of Topliss-reactive ketones (excluding diaryl/α,β-unsaturated/α-hetero) is 1. The summed E-state index contributed by atoms with van der Waals surface area (Å²) in [5.41, 5.74) is 1.83. The van der Waals surface area contributed by atoms with E-state index >= 15 is 0 Å². The zero-order valence-corrected chi connectivity index (χ0v) is 15.7. The maximum absolute atomic E-state index is 12.3. The minimum atomic E-state index is -0.548. The lowest BCUT2D eigenvalue weighted by atomic mass is 10.1. The molecular weight excluding hydrogens is 376 g/mol. The van der Waals surface area contributed by atoms with E-state index in [-0.39, 0.29) is 11.4 Å². The van der Waals surface area contributed by atoms with Gasteiger partial charge in [0.05, 0.1) is 0 Å². The molecule has 0 atom stereocenters. The van der Waals surface area contributed by atoms with Gasteiger partial charge in [-0.2, -0.15) is 5.26 Å². The number of rotatable bonds is 5. The van der Waals surface area contributed by atoms with Crippen LogP contribution in [0.15, 0.2) is 70.7 Å². The minimum absolute atomic E-state index is 0.0139. The first-order chi connectivity index (χ1) is 13.5. The van der Waals surface area contributed by atoms with Crippen molar-refractivity contribution < 1.29 is 14.0 Å². The molecule has 5 nitrogen and oxygen atoms in total. The molecule has 0 unspecified atom stereocenters. The molecule has 1 N–H and O–H groups in total. The molecule has 2 aromatic carbocycles. The van der Waals surface area contributed by atoms with Gasteiger partial charge < -0.3 is 9.73 Å². The van der Waals surface area contributed by atoms with E-state index in [1.807, 2.05) is 6.07 Å². The fraction of sp³-hybridized carbons (Fsp3) is 0.0455. The summed E-state index contributed by atoms with van der Waals surface area (Å²) >= 11 is 5.82. The Morgan fingerprint density at radius 3 is 2.32 bits per heavy atom. The van der Waals surface area contributed by atoms with Crippen molar-refractivity contribution in [2.75, 3.05) is 5.32 Å². The second-order valence-electron chi connectivity index (χ2n) is 5.97. The van der Waals surface area contributed by atoms with Crippen molar-refractivity contribution in [3.05, 3.63) is 82.6 Å². The van der Waals surface area contributed by atoms with Crippen molar-refractivity contribution in [3.8, 4) is 17.4 Å². The third-order valence-electron chi connectivity index (χ3n) is 3.96. The first kappa shape index (κ1) is 19.2. The van der Waals surface area contributed by atoms with Gasteiger partial charge in [0.25, 0.3) is 5.91 Å². The van der Waals surface area contributed by atoms with Crippen LogP contribution in [-0.4, -0.2) is 11.7 Å². The van der Waals surface area contributed by atoms with Gasteiger partial charge in [-0.1, -0.05) is 35.9 Å². The Bertz CT molecular complexity index is 1090. The Hall–Kier alpha value is -3.62. The molecular formula is C22H15ClN2O3. The van der Waals surface area contributed by atoms with Crippen LogP contribution >= 0.6 is 11.6 Å². The highest BCUT2D eigenvalue weighted by Crippen LogP contribution is 2.24. The number of anilines is 1. The van der Waals surface area contributed by atoms with Gasteiger partial charge in [-0.3, -0.25) is 9.59 Å². The highest BCUT2D eigenvalue weighted by atomic mass is 35.5. The fourth-order valence-electron chi connectivity index (χ4n) is 2.48. The number of ketones is 1. The van der Waals surface area contributed by atoms with Gasteiger partial charge in [-0.25, -0.2) is 0 Å². The Kier molecular flexibility index (Phi) is 5.73. The topological polar surface area (TPSA) is 83.1 Å². The van der Waals surface area contributed by atoms with Crippen molar-refractivity contribution >= 4 is 35.1 Å². The summed E-state index contributed by atoms with van der Waals surface area (Å²) in [6, 6.07) is 18.8. The van der Waals surface area contributed by atoms with Gasteiger partial charge >= 0.3 is 0 Å². The van der Waals surface area contributed by atoms with Crippen LogP contribution in [-0.2, 0) is 4.79 Å². The van der Waals surface area contributed by atoms with E-state index in [9.17, 15) is 14.9 Å². The molecule has 28 heavy (non-hydrogen) atoms. The molecule has 0 fully saturated rings. The van der Waals surface area contributed by atoms with Gasteiger partial charge in [0.2, 0.25) is 0 Å². The van der Waals surface area contributed by atoms with Crippen LogP contribution in [0, 0.1) is 11.3 Å². The number of carbonyl (C=O) groups is 2. The zero-order chi connectivity index (χ0) is 20.1. The highest BCUT2D eigenvalue weighted by Gasteiger charge is 2.12. The maximum atomic E-state index is 12.3. The van der Waals surface area contributed by atoms with Crippen molar-refractivity contribution in [2.45, 2.75) is 6.92 Å². The second-order valence-corrected chi connectivity index (χ2v) is 6.40. The number of carbonyl (C=O) groups excluding carboxylic acids is 2. The van der Waals surface area contributed by atoms with Crippen LogP contribution in [0.4, 0.5) is 5.69 Å². The van der Waals surface area contributed by atoms with Crippen molar-refractivity contribution in [1.29, 1.82) is 5.26 Å². The molecule has 1 heterocycles. The zero-order valence-electron chi connectivity index (χ0n) is 14.9. The van der Waals surface area contributed by atoms with E-state index in [1.54, 1.807) is 60.7 Å². The third-order valence-corrected chi connectivity index (χ3v) is 4.21. The van der Waals surface area contributed by atoms with E-state index in [4.69, 9.17) is 16.0 Å². The second kappa shape index (κ2) is 8.38. The summed E-state index contributed by atoms with van der Waals surface area (Å²) in [5, 5.41) is 12.5. The minimum Gasteiger partial charge on any atom is -0.457 e. The fourth-order valence-corrected chi connectivity index (χ4v) is 2.60. The summed E-state index contributed by atoms with van der Waals surface area (Å²) in [4.78, 5) is 23.7. The molecule has 0 saturated heterocycles. The molecule has 0 bridgehead atoms. The average Bonchev–Trinajstić information content (AvgIpc) is 3.16. The lowest BCUT2D eigenvalue weighted by molar-refractivity contribution is -0.112. The number of benzene rings is 2. The van der Waals surface area contributed by atoms with E-state index in [0.29, 0.717) is 27.8 Å². The molecule has 0 aliphatic rings. The van der Waals surface area contributed by atoms with Crippen LogP contribution in [0.3, 0.4) is 0 Å². The molecule has 0 aliphatic carbocycles. The monoisotopic (exact) mass is 390 g/mol. The maximum Gasteiger partial charge on any atom is 0.266 e. The predicted octanol–water partition coefficient (Wildman–Crippen LogP) is 5.35. The molecule has 0 spiro atoms. The van der Waals surface area contributed by atoms with E-state index in [0.717, 1.165) is 5.56 Å². The Morgan fingerprint density at radius 1 is 1.04 bits per heavy atom. The van der Waals surface area contributed by atoms with Crippen molar-refractivity contribution in [1.82, 2.24) is 0 Å². The van der Waals surface area contributed by atoms with Crippen LogP contribution in [0.1, 0.15) is 23.0 Å². The quantitative estimate of drug-likeness (QED) is 0.361. The molecule has 1 aromatic heterocycles. The first-order valence-electron chi connectivity index (χ1n) is 8.36. The largest absolute Gasteiger partial charge is 0.457 e. The molecule has 3 aromatic rings. The summed E-state index contributed by atoms with van der Waals surface area (Å²) in [6.07, 6.45) is 1.37. The van der Waals surface area contributed by atoms with Crippen LogP contribution < -0.4 is 5.32 Å². The number of halogens is 1. The number of amides is 1. The number of nitrogens with one attached hydrogen (secondary N) is 1. The number of nitriles is 1. The third kappa shape index (κ3) is 4.56. The molecule has 1 amide bonds. The van der Waals surface area contributed by atoms with Crippen molar-refractivity contribution in [3.63, 3.8) is 0 Å². The van der Waals surface area contributed by atoms with E-state index < -0.39 is 5.91 Å². The number of hydrogen-bond donors (Lipinski definition) is 1. The van der Waals surface area contributed by atoms with E-state index in [2.05, 4.69) is 5.32 Å². The van der Waals surface area contributed by atoms with Crippen LogP contribution in [0.5, 0.6) is 0 Å². The Labute approximate surface area is 166 Å². The van der Waals surface area contributed by atoms with Gasteiger partial charge in [0.15, 0.2) is 5.78 Å². The lowest BCUT2D eigenvalue weighted by Crippen LogP contribution is -2.13. The van der Waals surface area contributed by atoms with Crippen LogP contribution in [0.25, 0.3) is 17.4 Å². The lowest BCUT2D eigenvalue weighted by Gasteiger charge is -2.03. The number of furan rings is 1. The molecule has 0 radical (unpaired) electrons. The van der Waals surface area contributed by atoms with E-state index in [1.165, 1.54) is 13.0 Å². The van der Waals surface area contributed by atoms with Gasteiger partial charge in [-0.05, 0) is 43.3 Å². The van der Waals surface area contributed by atoms with Gasteiger partial charge in [0.1, 0.15) is 23.2 Å². The number of nitrogens with zero attached hydrogens (tertiary/aromatic N) is 1. The van der Waals surface area contributed by atoms with Gasteiger partial charge in [0, 0.05) is 27.9 Å². The first-order valence-corrected chi connectivity index (χ1v) is 8.74. The van der Waals surface area contributed by atoms with Crippen LogP contribution in [0.2, 0.25) is 5.02 Å². The van der Waals surface area contributed by atoms with Crippen molar-refractivity contribution in [2.24, 2.45) is 0 Å². The Morgan fingerprint density at radius 2 is 1.71 bits per heavy atom. The smallest absolute Gasteiger partial charge is 0.266 e. The van der Waals surface area contributed by atoms with Gasteiger partial charge in [-0.15, -0.1) is 0 Å². The SMILES string of the molecule is CC(=O)c1ccc(-c2ccc(/C=C(/C#N)C(=O)Nc3ccc(Cl)cc3)o2)cc1. The molecule has 3 rings (SSSR count). The molecule has 138 valence electrons. The Balaban J connectivity index is 1.78. The summed E-state index contributed by atoms with van der Waals surface area (Å²) < 4.78 is 5.71. The number of hydrogen-bond acceptors (Lipinski definition) is 4. The average molecular weight is 391 g/mol. The standard InChI is InChI=1S/C22H15ClN2O3/c1-14(26)15-2-4-16(5-3-15)21-11-10-20(28-21)12-17(13-24)22(27)25-19-8-6-18(23)7-9-19/h2-12H,1H3,(H,25,27)/b17-12-. The predicted molar refractivity (Wildman–Crippen MR) is 108 cm³/mol.